The van der Waals surface area contributed by atoms with Gasteiger partial charge in [-0.05, 0) is 38.3 Å². The van der Waals surface area contributed by atoms with E-state index < -0.39 is 0 Å². The maximum absolute atomic E-state index is 5.89. The van der Waals surface area contributed by atoms with Crippen LogP contribution in [0.2, 0.25) is 0 Å². The van der Waals surface area contributed by atoms with E-state index in [1.165, 1.54) is 34.7 Å². The van der Waals surface area contributed by atoms with E-state index in [9.17, 15) is 0 Å². The van der Waals surface area contributed by atoms with E-state index in [0.717, 1.165) is 11.7 Å². The average molecular weight is 287 g/mol. The average Bonchev–Trinajstić information content (AvgIpc) is 3.22. The van der Waals surface area contributed by atoms with Gasteiger partial charge in [0.05, 0.1) is 5.69 Å². The molecule has 2 N–H and O–H groups in total. The van der Waals surface area contributed by atoms with Crippen LogP contribution in [0.3, 0.4) is 0 Å². The summed E-state index contributed by atoms with van der Waals surface area (Å²) < 4.78 is 0. The Morgan fingerprint density at radius 2 is 2.10 bits per heavy atom. The van der Waals surface area contributed by atoms with Gasteiger partial charge >= 0.3 is 0 Å². The third-order valence-electron chi connectivity index (χ3n) is 3.82. The molecule has 4 heteroatoms. The zero-order valence-electron chi connectivity index (χ0n) is 12.1. The topological polar surface area (TPSA) is 42.2 Å². The molecule has 1 aromatic carbocycles. The number of anilines is 2. The van der Waals surface area contributed by atoms with Gasteiger partial charge in [-0.3, -0.25) is 0 Å². The highest BCUT2D eigenvalue weighted by molar-refractivity contribution is 7.15. The van der Waals surface area contributed by atoms with Crippen LogP contribution in [0.5, 0.6) is 0 Å². The maximum Gasteiger partial charge on any atom is 0.190 e. The highest BCUT2D eigenvalue weighted by Crippen LogP contribution is 2.45. The van der Waals surface area contributed by atoms with Gasteiger partial charge in [-0.1, -0.05) is 29.5 Å². The lowest BCUT2D eigenvalue weighted by molar-refractivity contribution is 0.951. The summed E-state index contributed by atoms with van der Waals surface area (Å²) >= 11 is 1.75. The molecule has 106 valence electrons. The van der Waals surface area contributed by atoms with Crippen LogP contribution in [0.4, 0.5) is 10.8 Å². The molecule has 0 bridgehead atoms. The van der Waals surface area contributed by atoms with Gasteiger partial charge in [0.2, 0.25) is 0 Å². The van der Waals surface area contributed by atoms with E-state index in [1.807, 2.05) is 0 Å². The summed E-state index contributed by atoms with van der Waals surface area (Å²) in [5, 5.41) is 1.09. The lowest BCUT2D eigenvalue weighted by Gasteiger charge is -2.21. The Labute approximate surface area is 124 Å². The number of nitrogens with zero attached hydrogens (tertiary/aromatic N) is 2. The van der Waals surface area contributed by atoms with Crippen molar-refractivity contribution in [2.24, 2.45) is 5.73 Å². The van der Waals surface area contributed by atoms with Crippen LogP contribution in [0, 0.1) is 6.92 Å². The molecule has 1 fully saturated rings. The summed E-state index contributed by atoms with van der Waals surface area (Å²) in [7, 11) is 0. The van der Waals surface area contributed by atoms with Crippen LogP contribution < -0.4 is 10.6 Å². The molecule has 3 rings (SSSR count). The number of aryl methyl sites for hydroxylation is 1. The number of benzene rings is 1. The molecule has 0 radical (unpaired) electrons. The summed E-state index contributed by atoms with van der Waals surface area (Å²) in [6.07, 6.45) is 2.54. The van der Waals surface area contributed by atoms with E-state index >= 15 is 0 Å². The summed E-state index contributed by atoms with van der Waals surface area (Å²) in [6, 6.07) is 8.48. The molecular formula is C16H21N3S. The van der Waals surface area contributed by atoms with Gasteiger partial charge in [0, 0.05) is 29.6 Å². The molecule has 0 unspecified atom stereocenters. The predicted octanol–water partition coefficient (Wildman–Crippen LogP) is 3.95. The fourth-order valence-corrected chi connectivity index (χ4v) is 3.67. The number of hydrogen-bond donors (Lipinski definition) is 1. The molecular weight excluding hydrogens is 266 g/mol. The van der Waals surface area contributed by atoms with Gasteiger partial charge < -0.3 is 10.6 Å². The van der Waals surface area contributed by atoms with Crippen molar-refractivity contribution in [3.63, 3.8) is 0 Å². The SMILES string of the molecule is CCN(c1nc(C2CC2)c(CN)s1)c1ccccc1C. The maximum atomic E-state index is 5.89. The second-order valence-corrected chi connectivity index (χ2v) is 6.38. The lowest BCUT2D eigenvalue weighted by Crippen LogP contribution is -2.16. The highest BCUT2D eigenvalue weighted by Gasteiger charge is 2.30. The summed E-state index contributed by atoms with van der Waals surface area (Å²) in [6.45, 7) is 5.85. The van der Waals surface area contributed by atoms with Crippen LogP contribution >= 0.6 is 11.3 Å². The summed E-state index contributed by atoms with van der Waals surface area (Å²) in [5.74, 6) is 0.661. The Morgan fingerprint density at radius 1 is 1.35 bits per heavy atom. The first-order valence-electron chi connectivity index (χ1n) is 7.27. The highest BCUT2D eigenvalue weighted by atomic mass is 32.1. The first kappa shape index (κ1) is 13.6. The number of para-hydroxylation sites is 1. The van der Waals surface area contributed by atoms with Crippen LogP contribution in [0.25, 0.3) is 0 Å². The van der Waals surface area contributed by atoms with E-state index in [4.69, 9.17) is 10.7 Å². The van der Waals surface area contributed by atoms with Gasteiger partial charge in [-0.2, -0.15) is 0 Å². The second-order valence-electron chi connectivity index (χ2n) is 5.31. The number of thiazole rings is 1. The standard InChI is InChI=1S/C16H21N3S/c1-3-19(13-7-5-4-6-11(13)2)16-18-15(12-8-9-12)14(10-17)20-16/h4-7,12H,3,8-10,17H2,1-2H3. The zero-order chi connectivity index (χ0) is 14.1. The van der Waals surface area contributed by atoms with Crippen LogP contribution in [-0.4, -0.2) is 11.5 Å². The van der Waals surface area contributed by atoms with Crippen LogP contribution in [0.15, 0.2) is 24.3 Å². The first-order chi connectivity index (χ1) is 9.74. The molecule has 0 aliphatic heterocycles. The molecule has 1 aliphatic rings. The van der Waals surface area contributed by atoms with Crippen molar-refractivity contribution in [1.82, 2.24) is 4.98 Å². The molecule has 0 atom stereocenters. The second kappa shape index (κ2) is 5.54. The third-order valence-corrected chi connectivity index (χ3v) is 4.94. The Balaban J connectivity index is 1.99. The van der Waals surface area contributed by atoms with Crippen molar-refractivity contribution in [3.8, 4) is 0 Å². The van der Waals surface area contributed by atoms with E-state index in [1.54, 1.807) is 11.3 Å². The van der Waals surface area contributed by atoms with Crippen LogP contribution in [0.1, 0.15) is 41.8 Å². The minimum absolute atomic E-state index is 0.606. The number of aromatic nitrogens is 1. The van der Waals surface area contributed by atoms with Crippen LogP contribution in [-0.2, 0) is 6.54 Å². The van der Waals surface area contributed by atoms with E-state index in [-0.39, 0.29) is 0 Å². The van der Waals surface area contributed by atoms with E-state index in [0.29, 0.717) is 12.5 Å². The Kier molecular flexibility index (Phi) is 3.76. The Morgan fingerprint density at radius 3 is 2.70 bits per heavy atom. The molecule has 3 nitrogen and oxygen atoms in total. The third kappa shape index (κ3) is 2.45. The molecule has 2 aromatic rings. The minimum atomic E-state index is 0.606. The molecule has 1 aliphatic carbocycles. The molecule has 20 heavy (non-hydrogen) atoms. The predicted molar refractivity (Wildman–Crippen MR) is 85.8 cm³/mol. The Hall–Kier alpha value is -1.39. The lowest BCUT2D eigenvalue weighted by atomic mass is 10.2. The van der Waals surface area contributed by atoms with E-state index in [2.05, 4.69) is 43.0 Å². The number of nitrogens with two attached hydrogens (primary N) is 1. The fourth-order valence-electron chi connectivity index (χ4n) is 2.56. The van der Waals surface area contributed by atoms with Gasteiger partial charge in [-0.25, -0.2) is 4.98 Å². The van der Waals surface area contributed by atoms with Crippen molar-refractivity contribution >= 4 is 22.2 Å². The normalized spacial score (nSPS) is 14.6. The van der Waals surface area contributed by atoms with Crippen molar-refractivity contribution in [1.29, 1.82) is 0 Å². The zero-order valence-corrected chi connectivity index (χ0v) is 12.9. The van der Waals surface area contributed by atoms with Gasteiger partial charge in [0.25, 0.3) is 0 Å². The molecule has 1 heterocycles. The monoisotopic (exact) mass is 287 g/mol. The van der Waals surface area contributed by atoms with Gasteiger partial charge in [0.1, 0.15) is 0 Å². The Bertz CT molecular complexity index is 602. The molecule has 0 amide bonds. The summed E-state index contributed by atoms with van der Waals surface area (Å²) in [5.41, 5.74) is 9.67. The molecule has 1 saturated carbocycles. The van der Waals surface area contributed by atoms with Gasteiger partial charge in [0.15, 0.2) is 5.13 Å². The molecule has 0 spiro atoms. The largest absolute Gasteiger partial charge is 0.326 e. The van der Waals surface area contributed by atoms with Crippen molar-refractivity contribution in [2.75, 3.05) is 11.4 Å². The van der Waals surface area contributed by atoms with Crippen molar-refractivity contribution < 1.29 is 0 Å². The number of rotatable bonds is 5. The van der Waals surface area contributed by atoms with Crippen molar-refractivity contribution in [3.05, 3.63) is 40.4 Å². The molecule has 0 saturated heterocycles. The molecule has 1 aromatic heterocycles. The number of hydrogen-bond acceptors (Lipinski definition) is 4. The van der Waals surface area contributed by atoms with Crippen molar-refractivity contribution in [2.45, 2.75) is 39.2 Å². The minimum Gasteiger partial charge on any atom is -0.326 e. The smallest absolute Gasteiger partial charge is 0.190 e. The fraction of sp³-hybridized carbons (Fsp3) is 0.438. The quantitative estimate of drug-likeness (QED) is 0.905. The summed E-state index contributed by atoms with van der Waals surface area (Å²) in [4.78, 5) is 8.45. The van der Waals surface area contributed by atoms with Gasteiger partial charge in [-0.15, -0.1) is 0 Å². The first-order valence-corrected chi connectivity index (χ1v) is 8.09.